The molecule has 0 atom stereocenters. The van der Waals surface area contributed by atoms with E-state index in [9.17, 15) is 4.79 Å². The summed E-state index contributed by atoms with van der Waals surface area (Å²) >= 11 is 3.15. The van der Waals surface area contributed by atoms with Crippen LogP contribution >= 0.6 is 22.7 Å². The van der Waals surface area contributed by atoms with Crippen LogP contribution in [0.25, 0.3) is 4.96 Å². The summed E-state index contributed by atoms with van der Waals surface area (Å²) in [6.45, 7) is 4.35. The molecule has 104 valence electrons. The molecule has 0 fully saturated rings. The lowest BCUT2D eigenvalue weighted by Crippen LogP contribution is -2.25. The van der Waals surface area contributed by atoms with Gasteiger partial charge in [0, 0.05) is 4.88 Å². The molecule has 5 nitrogen and oxygen atoms in total. The van der Waals surface area contributed by atoms with E-state index < -0.39 is 0 Å². The van der Waals surface area contributed by atoms with Crippen LogP contribution in [0, 0.1) is 13.8 Å². The number of fused-ring (bicyclic) bond motifs is 1. The van der Waals surface area contributed by atoms with Gasteiger partial charge in [-0.15, -0.1) is 11.3 Å². The molecule has 0 aliphatic carbocycles. The Morgan fingerprint density at radius 1 is 1.45 bits per heavy atom. The lowest BCUT2D eigenvalue weighted by Gasteiger charge is -2.04. The molecule has 0 spiro atoms. The summed E-state index contributed by atoms with van der Waals surface area (Å²) in [5.74, 6) is 0.0220. The van der Waals surface area contributed by atoms with E-state index in [4.69, 9.17) is 0 Å². The molecule has 7 heteroatoms. The number of hydrogen-bond donors (Lipinski definition) is 1. The Labute approximate surface area is 124 Å². The average molecular weight is 306 g/mol. The normalized spacial score (nSPS) is 11.1. The molecular weight excluding hydrogens is 292 g/mol. The fourth-order valence-corrected chi connectivity index (χ4v) is 3.52. The van der Waals surface area contributed by atoms with Crippen molar-refractivity contribution in [2.75, 3.05) is 0 Å². The van der Waals surface area contributed by atoms with Crippen molar-refractivity contribution in [3.05, 3.63) is 38.8 Å². The van der Waals surface area contributed by atoms with Crippen LogP contribution in [-0.2, 0) is 17.8 Å². The standard InChI is InChI=1S/C13H14N4OS2/c1-8-11(17-13(15-8)20-9(2)16-17)7-14-12(18)6-10-4-3-5-19-10/h3-5H,6-7H2,1-2H3,(H,14,18). The van der Waals surface area contributed by atoms with Crippen LogP contribution in [0.1, 0.15) is 21.3 Å². The molecule has 1 amide bonds. The molecule has 0 aromatic carbocycles. The number of thiophene rings is 1. The van der Waals surface area contributed by atoms with E-state index in [1.165, 1.54) is 0 Å². The van der Waals surface area contributed by atoms with Crippen molar-refractivity contribution in [3.63, 3.8) is 0 Å². The Morgan fingerprint density at radius 3 is 3.05 bits per heavy atom. The van der Waals surface area contributed by atoms with Crippen molar-refractivity contribution < 1.29 is 4.79 Å². The Morgan fingerprint density at radius 2 is 2.30 bits per heavy atom. The summed E-state index contributed by atoms with van der Waals surface area (Å²) < 4.78 is 1.82. The average Bonchev–Trinajstić information content (AvgIpc) is 3.05. The zero-order valence-corrected chi connectivity index (χ0v) is 12.8. The van der Waals surface area contributed by atoms with Crippen molar-refractivity contribution in [3.8, 4) is 0 Å². The highest BCUT2D eigenvalue weighted by molar-refractivity contribution is 7.16. The number of nitrogens with zero attached hydrogens (tertiary/aromatic N) is 3. The third-order valence-electron chi connectivity index (χ3n) is 2.97. The molecule has 0 aliphatic heterocycles. The number of carbonyl (C=O) groups excluding carboxylic acids is 1. The molecule has 0 aliphatic rings. The quantitative estimate of drug-likeness (QED) is 0.805. The summed E-state index contributed by atoms with van der Waals surface area (Å²) in [4.78, 5) is 18.3. The highest BCUT2D eigenvalue weighted by Crippen LogP contribution is 2.17. The number of carbonyl (C=O) groups is 1. The van der Waals surface area contributed by atoms with Gasteiger partial charge in [0.2, 0.25) is 10.9 Å². The maximum absolute atomic E-state index is 11.9. The Hall–Kier alpha value is -1.73. The minimum absolute atomic E-state index is 0.0220. The van der Waals surface area contributed by atoms with E-state index in [2.05, 4.69) is 15.4 Å². The highest BCUT2D eigenvalue weighted by atomic mass is 32.1. The predicted molar refractivity (Wildman–Crippen MR) is 80.2 cm³/mol. The zero-order valence-electron chi connectivity index (χ0n) is 11.2. The lowest BCUT2D eigenvalue weighted by atomic mass is 10.3. The van der Waals surface area contributed by atoms with Gasteiger partial charge < -0.3 is 5.32 Å². The van der Waals surface area contributed by atoms with Crippen LogP contribution < -0.4 is 5.32 Å². The van der Waals surface area contributed by atoms with Crippen LogP contribution in [0.5, 0.6) is 0 Å². The molecular formula is C13H14N4OS2. The van der Waals surface area contributed by atoms with E-state index in [-0.39, 0.29) is 5.91 Å². The van der Waals surface area contributed by atoms with E-state index >= 15 is 0 Å². The number of aryl methyl sites for hydroxylation is 2. The first-order valence-electron chi connectivity index (χ1n) is 6.24. The van der Waals surface area contributed by atoms with Crippen LogP contribution in [0.15, 0.2) is 17.5 Å². The highest BCUT2D eigenvalue weighted by Gasteiger charge is 2.13. The fourth-order valence-electron chi connectivity index (χ4n) is 2.01. The molecule has 1 N–H and O–H groups in total. The van der Waals surface area contributed by atoms with Gasteiger partial charge in [0.15, 0.2) is 0 Å². The smallest absolute Gasteiger partial charge is 0.225 e. The second kappa shape index (κ2) is 5.34. The largest absolute Gasteiger partial charge is 0.350 e. The second-order valence-electron chi connectivity index (χ2n) is 4.49. The molecule has 0 bridgehead atoms. The minimum atomic E-state index is 0.0220. The molecule has 20 heavy (non-hydrogen) atoms. The summed E-state index contributed by atoms with van der Waals surface area (Å²) in [7, 11) is 0. The Balaban J connectivity index is 1.70. The number of aromatic nitrogens is 3. The third-order valence-corrected chi connectivity index (χ3v) is 4.67. The molecule has 0 saturated heterocycles. The maximum atomic E-state index is 11.9. The van der Waals surface area contributed by atoms with Gasteiger partial charge in [0.1, 0.15) is 5.01 Å². The topological polar surface area (TPSA) is 59.3 Å². The summed E-state index contributed by atoms with van der Waals surface area (Å²) in [5.41, 5.74) is 1.86. The molecule has 3 heterocycles. The van der Waals surface area contributed by atoms with E-state index in [1.807, 2.05) is 35.9 Å². The van der Waals surface area contributed by atoms with Crippen LogP contribution in [0.4, 0.5) is 0 Å². The monoisotopic (exact) mass is 306 g/mol. The molecule has 0 saturated carbocycles. The lowest BCUT2D eigenvalue weighted by molar-refractivity contribution is -0.120. The second-order valence-corrected chi connectivity index (χ2v) is 6.68. The van der Waals surface area contributed by atoms with Crippen LogP contribution in [0.3, 0.4) is 0 Å². The molecule has 0 radical (unpaired) electrons. The predicted octanol–water partition coefficient (Wildman–Crippen LogP) is 2.33. The number of imidazole rings is 1. The van der Waals surface area contributed by atoms with E-state index in [1.54, 1.807) is 22.7 Å². The SMILES string of the molecule is Cc1nn2c(CNC(=O)Cc3cccs3)c(C)nc2s1. The van der Waals surface area contributed by atoms with Crippen molar-refractivity contribution in [2.45, 2.75) is 26.8 Å². The van der Waals surface area contributed by atoms with Crippen molar-refractivity contribution in [1.29, 1.82) is 0 Å². The third kappa shape index (κ3) is 2.59. The fraction of sp³-hybridized carbons (Fsp3) is 0.308. The van der Waals surface area contributed by atoms with Crippen molar-refractivity contribution in [1.82, 2.24) is 19.9 Å². The number of amides is 1. The van der Waals surface area contributed by atoms with Gasteiger partial charge in [-0.05, 0) is 25.3 Å². The van der Waals surface area contributed by atoms with Crippen molar-refractivity contribution in [2.24, 2.45) is 0 Å². The molecule has 3 rings (SSSR count). The van der Waals surface area contributed by atoms with Gasteiger partial charge in [0.05, 0.1) is 24.4 Å². The van der Waals surface area contributed by atoms with E-state index in [0.29, 0.717) is 13.0 Å². The van der Waals surface area contributed by atoms with Gasteiger partial charge >= 0.3 is 0 Å². The first kappa shape index (κ1) is 13.3. The molecule has 0 unspecified atom stereocenters. The van der Waals surface area contributed by atoms with Gasteiger partial charge in [-0.1, -0.05) is 17.4 Å². The number of rotatable bonds is 4. The van der Waals surface area contributed by atoms with Gasteiger partial charge in [-0.2, -0.15) is 5.10 Å². The molecule has 3 aromatic heterocycles. The van der Waals surface area contributed by atoms with Gasteiger partial charge in [-0.3, -0.25) is 4.79 Å². The van der Waals surface area contributed by atoms with Crippen LogP contribution in [0.2, 0.25) is 0 Å². The van der Waals surface area contributed by atoms with Crippen LogP contribution in [-0.4, -0.2) is 20.5 Å². The first-order valence-corrected chi connectivity index (χ1v) is 7.94. The maximum Gasteiger partial charge on any atom is 0.225 e. The van der Waals surface area contributed by atoms with Crippen molar-refractivity contribution >= 4 is 33.5 Å². The van der Waals surface area contributed by atoms with Gasteiger partial charge in [-0.25, -0.2) is 9.50 Å². The number of nitrogens with one attached hydrogen (secondary N) is 1. The zero-order chi connectivity index (χ0) is 14.1. The summed E-state index contributed by atoms with van der Waals surface area (Å²) in [5, 5.41) is 10.3. The molecule has 3 aromatic rings. The summed E-state index contributed by atoms with van der Waals surface area (Å²) in [6, 6.07) is 3.92. The number of hydrogen-bond acceptors (Lipinski definition) is 5. The Bertz CT molecular complexity index is 742. The minimum Gasteiger partial charge on any atom is -0.350 e. The first-order chi connectivity index (χ1) is 9.63. The van der Waals surface area contributed by atoms with Gasteiger partial charge in [0.25, 0.3) is 0 Å². The van der Waals surface area contributed by atoms with E-state index in [0.717, 1.165) is 26.2 Å². The summed E-state index contributed by atoms with van der Waals surface area (Å²) in [6.07, 6.45) is 0.425. The Kier molecular flexibility index (Phi) is 3.54.